The number of nitrogens with zero attached hydrogens (tertiary/aromatic N) is 1. The minimum Gasteiger partial charge on any atom is -0.381 e. The van der Waals surface area contributed by atoms with Crippen LogP contribution in [0, 0.1) is 19.8 Å². The minimum atomic E-state index is -3.85. The lowest BCUT2D eigenvalue weighted by Gasteiger charge is -2.18. The van der Waals surface area contributed by atoms with E-state index in [1.54, 1.807) is 24.8 Å². The van der Waals surface area contributed by atoms with Gasteiger partial charge < -0.3 is 9.64 Å². The molecule has 7 heteroatoms. The van der Waals surface area contributed by atoms with Crippen LogP contribution in [-0.4, -0.2) is 45.5 Å². The van der Waals surface area contributed by atoms with Crippen molar-refractivity contribution in [2.45, 2.75) is 38.5 Å². The number of carbonyl (C=O) groups is 1. The van der Waals surface area contributed by atoms with Crippen LogP contribution in [0.15, 0.2) is 17.0 Å². The van der Waals surface area contributed by atoms with Crippen molar-refractivity contribution in [1.82, 2.24) is 4.90 Å². The number of primary sulfonamides is 1. The highest BCUT2D eigenvalue weighted by atomic mass is 32.2. The van der Waals surface area contributed by atoms with Crippen LogP contribution in [0.5, 0.6) is 0 Å². The van der Waals surface area contributed by atoms with Crippen molar-refractivity contribution >= 4 is 15.9 Å². The molecule has 6 nitrogen and oxygen atoms in total. The maximum Gasteiger partial charge on any atom is 0.253 e. The third-order valence-corrected chi connectivity index (χ3v) is 5.49. The van der Waals surface area contributed by atoms with E-state index >= 15 is 0 Å². The molecular weight excluding hydrogens is 328 g/mol. The Morgan fingerprint density at radius 1 is 1.38 bits per heavy atom. The predicted molar refractivity (Wildman–Crippen MR) is 92.4 cm³/mol. The van der Waals surface area contributed by atoms with Crippen LogP contribution in [0.2, 0.25) is 0 Å². The van der Waals surface area contributed by atoms with Crippen molar-refractivity contribution in [2.75, 3.05) is 26.3 Å². The molecule has 1 aromatic carbocycles. The van der Waals surface area contributed by atoms with Crippen molar-refractivity contribution in [3.05, 3.63) is 28.8 Å². The molecule has 0 saturated carbocycles. The molecule has 1 heterocycles. The summed E-state index contributed by atoms with van der Waals surface area (Å²) < 4.78 is 29.0. The van der Waals surface area contributed by atoms with Gasteiger partial charge in [-0.15, -0.1) is 0 Å². The standard InChI is InChI=1S/C17H26N2O4S/c1-4-7-23-11-14-5-6-19(10-14)17(20)15-8-12(2)13(3)16(9-15)24(18,21)22/h8-9,14H,4-7,10-11H2,1-3H3,(H2,18,21,22)/t14-/m1/s1. The molecule has 0 radical (unpaired) electrons. The minimum absolute atomic E-state index is 0.0212. The Labute approximate surface area is 144 Å². The zero-order valence-electron chi connectivity index (χ0n) is 14.5. The number of sulfonamides is 1. The number of ether oxygens (including phenoxy) is 1. The summed E-state index contributed by atoms with van der Waals surface area (Å²) in [4.78, 5) is 14.5. The van der Waals surface area contributed by atoms with Crippen LogP contribution in [0.25, 0.3) is 0 Å². The summed E-state index contributed by atoms with van der Waals surface area (Å²) in [6.45, 7) is 8.24. The number of carbonyl (C=O) groups excluding carboxylic acids is 1. The summed E-state index contributed by atoms with van der Waals surface area (Å²) in [7, 11) is -3.85. The van der Waals surface area contributed by atoms with E-state index in [1.807, 2.05) is 0 Å². The van der Waals surface area contributed by atoms with Crippen molar-refractivity contribution in [3.8, 4) is 0 Å². The van der Waals surface area contributed by atoms with Crippen LogP contribution in [0.1, 0.15) is 41.3 Å². The first-order chi connectivity index (χ1) is 11.2. The predicted octanol–water partition coefficient (Wildman–Crippen LogP) is 1.84. The molecule has 1 aliphatic rings. The molecule has 1 saturated heterocycles. The van der Waals surface area contributed by atoms with E-state index in [2.05, 4.69) is 6.92 Å². The summed E-state index contributed by atoms with van der Waals surface area (Å²) in [6, 6.07) is 3.12. The van der Waals surface area contributed by atoms with Gasteiger partial charge in [0.15, 0.2) is 0 Å². The maximum absolute atomic E-state index is 12.7. The second kappa shape index (κ2) is 7.63. The van der Waals surface area contributed by atoms with Crippen molar-refractivity contribution < 1.29 is 17.9 Å². The normalized spacial score (nSPS) is 18.2. The van der Waals surface area contributed by atoms with Gasteiger partial charge in [0.2, 0.25) is 10.0 Å². The van der Waals surface area contributed by atoms with Crippen LogP contribution < -0.4 is 5.14 Å². The van der Waals surface area contributed by atoms with Gasteiger partial charge in [-0.1, -0.05) is 6.92 Å². The van der Waals surface area contributed by atoms with E-state index < -0.39 is 10.0 Å². The zero-order valence-corrected chi connectivity index (χ0v) is 15.4. The lowest BCUT2D eigenvalue weighted by molar-refractivity contribution is 0.0754. The third kappa shape index (κ3) is 4.34. The molecule has 2 N–H and O–H groups in total. The van der Waals surface area contributed by atoms with Gasteiger partial charge >= 0.3 is 0 Å². The molecule has 0 spiro atoms. The van der Waals surface area contributed by atoms with Gasteiger partial charge in [-0.25, -0.2) is 13.6 Å². The molecular formula is C17H26N2O4S. The van der Waals surface area contributed by atoms with E-state index in [0.717, 1.165) is 25.0 Å². The molecule has 1 aromatic rings. The Kier molecular flexibility index (Phi) is 6.01. The monoisotopic (exact) mass is 354 g/mol. The molecule has 2 rings (SSSR count). The fourth-order valence-electron chi connectivity index (χ4n) is 2.98. The smallest absolute Gasteiger partial charge is 0.253 e. The Hall–Kier alpha value is -1.44. The first-order valence-corrected chi connectivity index (χ1v) is 9.79. The fraction of sp³-hybridized carbons (Fsp3) is 0.588. The van der Waals surface area contributed by atoms with E-state index in [0.29, 0.717) is 36.7 Å². The number of amides is 1. The fourth-order valence-corrected chi connectivity index (χ4v) is 3.86. The maximum atomic E-state index is 12.7. The average molecular weight is 354 g/mol. The van der Waals surface area contributed by atoms with Crippen LogP contribution in [-0.2, 0) is 14.8 Å². The van der Waals surface area contributed by atoms with Gasteiger partial charge in [0, 0.05) is 31.2 Å². The highest BCUT2D eigenvalue weighted by Gasteiger charge is 2.28. The lowest BCUT2D eigenvalue weighted by Crippen LogP contribution is -2.30. The number of hydrogen-bond donors (Lipinski definition) is 1. The van der Waals surface area contributed by atoms with Gasteiger partial charge in [0.25, 0.3) is 5.91 Å². The van der Waals surface area contributed by atoms with Crippen molar-refractivity contribution in [3.63, 3.8) is 0 Å². The van der Waals surface area contributed by atoms with Crippen molar-refractivity contribution in [2.24, 2.45) is 11.1 Å². The molecule has 1 amide bonds. The average Bonchev–Trinajstić information content (AvgIpc) is 2.97. The highest BCUT2D eigenvalue weighted by molar-refractivity contribution is 7.89. The van der Waals surface area contributed by atoms with Crippen LogP contribution in [0.3, 0.4) is 0 Å². The first-order valence-electron chi connectivity index (χ1n) is 8.25. The second-order valence-corrected chi connectivity index (χ2v) is 7.97. The highest BCUT2D eigenvalue weighted by Crippen LogP contribution is 2.24. The Morgan fingerprint density at radius 2 is 2.08 bits per heavy atom. The summed E-state index contributed by atoms with van der Waals surface area (Å²) in [5.74, 6) is 0.186. The number of aryl methyl sites for hydroxylation is 1. The van der Waals surface area contributed by atoms with Crippen LogP contribution in [0.4, 0.5) is 0 Å². The van der Waals surface area contributed by atoms with Crippen molar-refractivity contribution in [1.29, 1.82) is 0 Å². The zero-order chi connectivity index (χ0) is 17.9. The van der Waals surface area contributed by atoms with E-state index in [1.165, 1.54) is 6.07 Å². The molecule has 0 aliphatic carbocycles. The Morgan fingerprint density at radius 3 is 2.71 bits per heavy atom. The Balaban J connectivity index is 2.15. The molecule has 0 aromatic heterocycles. The van der Waals surface area contributed by atoms with Gasteiger partial charge in [-0.2, -0.15) is 0 Å². The number of nitrogens with two attached hydrogens (primary N) is 1. The quantitative estimate of drug-likeness (QED) is 0.789. The van der Waals surface area contributed by atoms with E-state index in [-0.39, 0.29) is 10.8 Å². The van der Waals surface area contributed by atoms with Gasteiger partial charge in [0.1, 0.15) is 0 Å². The first kappa shape index (κ1) is 18.9. The van der Waals surface area contributed by atoms with Gasteiger partial charge in [-0.3, -0.25) is 4.79 Å². The summed E-state index contributed by atoms with van der Waals surface area (Å²) in [5.41, 5.74) is 1.70. The summed E-state index contributed by atoms with van der Waals surface area (Å²) in [5, 5.41) is 5.27. The molecule has 134 valence electrons. The topological polar surface area (TPSA) is 89.7 Å². The van der Waals surface area contributed by atoms with Crippen LogP contribution >= 0.6 is 0 Å². The molecule has 1 atom stereocenters. The van der Waals surface area contributed by atoms with Gasteiger partial charge in [-0.05, 0) is 49.9 Å². The van der Waals surface area contributed by atoms with Gasteiger partial charge in [0.05, 0.1) is 11.5 Å². The number of hydrogen-bond acceptors (Lipinski definition) is 4. The second-order valence-electron chi connectivity index (χ2n) is 6.44. The molecule has 0 unspecified atom stereocenters. The number of rotatable bonds is 6. The Bertz CT molecular complexity index is 716. The summed E-state index contributed by atoms with van der Waals surface area (Å²) >= 11 is 0. The third-order valence-electron chi connectivity index (χ3n) is 4.45. The lowest BCUT2D eigenvalue weighted by atomic mass is 10.1. The van der Waals surface area contributed by atoms with E-state index in [9.17, 15) is 13.2 Å². The molecule has 1 fully saturated rings. The number of benzene rings is 1. The van der Waals surface area contributed by atoms with E-state index in [4.69, 9.17) is 9.88 Å². The largest absolute Gasteiger partial charge is 0.381 e. The molecule has 1 aliphatic heterocycles. The molecule has 0 bridgehead atoms. The number of likely N-dealkylation sites (tertiary alicyclic amines) is 1. The molecule has 24 heavy (non-hydrogen) atoms. The SMILES string of the molecule is CCCOC[C@@H]1CCN(C(=O)c2cc(C)c(C)c(S(N)(=O)=O)c2)C1. The summed E-state index contributed by atoms with van der Waals surface area (Å²) in [6.07, 6.45) is 1.89.